The standard InChI is InChI=1S/C16H26N2O3/c1-13(16(19)20)15-6-4-14(5-7-15)12-17-8-9-18(2)10-11-21-3/h4-7,13,17H,8-12H2,1-3H3,(H,19,20). The monoisotopic (exact) mass is 294 g/mol. The van der Waals surface area contributed by atoms with E-state index in [0.717, 1.165) is 43.9 Å². The number of aliphatic carboxylic acids is 1. The third-order valence-corrected chi connectivity index (χ3v) is 3.53. The number of nitrogens with zero attached hydrogens (tertiary/aromatic N) is 1. The van der Waals surface area contributed by atoms with Gasteiger partial charge in [-0.25, -0.2) is 0 Å². The molecular weight excluding hydrogens is 268 g/mol. The number of benzene rings is 1. The number of ether oxygens (including phenoxy) is 1. The Bertz CT molecular complexity index is 420. The lowest BCUT2D eigenvalue weighted by molar-refractivity contribution is -0.138. The van der Waals surface area contributed by atoms with Crippen molar-refractivity contribution in [3.63, 3.8) is 0 Å². The highest BCUT2D eigenvalue weighted by molar-refractivity contribution is 5.75. The van der Waals surface area contributed by atoms with E-state index in [-0.39, 0.29) is 0 Å². The summed E-state index contributed by atoms with van der Waals surface area (Å²) in [6, 6.07) is 7.74. The Morgan fingerprint density at radius 2 is 2.00 bits per heavy atom. The van der Waals surface area contributed by atoms with Gasteiger partial charge >= 0.3 is 5.97 Å². The molecule has 1 atom stereocenters. The Kier molecular flexibility index (Phi) is 7.97. The second-order valence-electron chi connectivity index (χ2n) is 5.27. The van der Waals surface area contributed by atoms with E-state index in [0.29, 0.717) is 0 Å². The molecule has 0 bridgehead atoms. The van der Waals surface area contributed by atoms with Crippen LogP contribution in [0.1, 0.15) is 24.0 Å². The number of rotatable bonds is 10. The molecule has 0 spiro atoms. The molecule has 0 aliphatic rings. The number of carboxylic acid groups (broad SMARTS) is 1. The van der Waals surface area contributed by atoms with Crippen molar-refractivity contribution < 1.29 is 14.6 Å². The molecule has 0 aliphatic heterocycles. The molecular formula is C16H26N2O3. The highest BCUT2D eigenvalue weighted by atomic mass is 16.5. The quantitative estimate of drug-likeness (QED) is 0.641. The molecule has 0 radical (unpaired) electrons. The summed E-state index contributed by atoms with van der Waals surface area (Å²) in [5.41, 5.74) is 2.00. The fourth-order valence-corrected chi connectivity index (χ4v) is 1.93. The Morgan fingerprint density at radius 1 is 1.33 bits per heavy atom. The first-order valence-electron chi connectivity index (χ1n) is 7.24. The molecule has 118 valence electrons. The van der Waals surface area contributed by atoms with Crippen LogP contribution in [0.4, 0.5) is 0 Å². The number of carboxylic acids is 1. The van der Waals surface area contributed by atoms with Crippen LogP contribution in [0.5, 0.6) is 0 Å². The zero-order valence-corrected chi connectivity index (χ0v) is 13.1. The van der Waals surface area contributed by atoms with E-state index in [2.05, 4.69) is 17.3 Å². The van der Waals surface area contributed by atoms with E-state index >= 15 is 0 Å². The first-order chi connectivity index (χ1) is 10.0. The largest absolute Gasteiger partial charge is 0.481 e. The van der Waals surface area contributed by atoms with Gasteiger partial charge in [0.2, 0.25) is 0 Å². The molecule has 2 N–H and O–H groups in total. The molecule has 0 fully saturated rings. The SMILES string of the molecule is COCCN(C)CCNCc1ccc(C(C)C(=O)O)cc1. The second kappa shape index (κ2) is 9.50. The van der Waals surface area contributed by atoms with Gasteiger partial charge in [-0.05, 0) is 25.1 Å². The molecule has 5 heteroatoms. The molecule has 21 heavy (non-hydrogen) atoms. The van der Waals surface area contributed by atoms with Gasteiger partial charge in [-0.1, -0.05) is 24.3 Å². The van der Waals surface area contributed by atoms with Crippen molar-refractivity contribution in [2.45, 2.75) is 19.4 Å². The summed E-state index contributed by atoms with van der Waals surface area (Å²) in [7, 11) is 3.78. The number of likely N-dealkylation sites (N-methyl/N-ethyl adjacent to an activating group) is 1. The normalized spacial score (nSPS) is 12.6. The molecule has 0 saturated carbocycles. The fraction of sp³-hybridized carbons (Fsp3) is 0.562. The summed E-state index contributed by atoms with van der Waals surface area (Å²) in [6.07, 6.45) is 0. The Hall–Kier alpha value is -1.43. The van der Waals surface area contributed by atoms with Crippen molar-refractivity contribution in [3.05, 3.63) is 35.4 Å². The minimum Gasteiger partial charge on any atom is -0.481 e. The van der Waals surface area contributed by atoms with Crippen molar-refractivity contribution in [2.24, 2.45) is 0 Å². The van der Waals surface area contributed by atoms with Crippen LogP contribution in [0.2, 0.25) is 0 Å². The van der Waals surface area contributed by atoms with Crippen LogP contribution in [0.15, 0.2) is 24.3 Å². The summed E-state index contributed by atoms with van der Waals surface area (Å²) in [4.78, 5) is 13.1. The number of carbonyl (C=O) groups is 1. The lowest BCUT2D eigenvalue weighted by Gasteiger charge is -2.16. The van der Waals surface area contributed by atoms with Crippen molar-refractivity contribution in [1.29, 1.82) is 0 Å². The van der Waals surface area contributed by atoms with E-state index in [9.17, 15) is 4.79 Å². The van der Waals surface area contributed by atoms with E-state index in [1.54, 1.807) is 14.0 Å². The third-order valence-electron chi connectivity index (χ3n) is 3.53. The molecule has 0 amide bonds. The fourth-order valence-electron chi connectivity index (χ4n) is 1.93. The molecule has 1 rings (SSSR count). The lowest BCUT2D eigenvalue weighted by atomic mass is 10.0. The topological polar surface area (TPSA) is 61.8 Å². The summed E-state index contributed by atoms with van der Waals surface area (Å²) in [5.74, 6) is -1.25. The van der Waals surface area contributed by atoms with Gasteiger partial charge in [-0.3, -0.25) is 4.79 Å². The van der Waals surface area contributed by atoms with Crippen LogP contribution in [-0.2, 0) is 16.1 Å². The first-order valence-corrected chi connectivity index (χ1v) is 7.24. The van der Waals surface area contributed by atoms with Crippen molar-refractivity contribution in [2.75, 3.05) is 40.4 Å². The number of hydrogen-bond acceptors (Lipinski definition) is 4. The minimum absolute atomic E-state index is 0.457. The Balaban J connectivity index is 2.28. The molecule has 5 nitrogen and oxygen atoms in total. The van der Waals surface area contributed by atoms with E-state index < -0.39 is 11.9 Å². The van der Waals surface area contributed by atoms with Gasteiger partial charge in [0.05, 0.1) is 12.5 Å². The summed E-state index contributed by atoms with van der Waals surface area (Å²) in [5, 5.41) is 12.3. The second-order valence-corrected chi connectivity index (χ2v) is 5.27. The lowest BCUT2D eigenvalue weighted by Crippen LogP contribution is -2.31. The molecule has 1 aromatic rings. The predicted octanol–water partition coefficient (Wildman–Crippen LogP) is 1.54. The van der Waals surface area contributed by atoms with Crippen LogP contribution in [0.3, 0.4) is 0 Å². The van der Waals surface area contributed by atoms with E-state index in [1.807, 2.05) is 24.3 Å². The van der Waals surface area contributed by atoms with Gasteiger partial charge in [-0.15, -0.1) is 0 Å². The summed E-state index contributed by atoms with van der Waals surface area (Å²) in [6.45, 7) is 6.05. The zero-order chi connectivity index (χ0) is 15.7. The molecule has 1 unspecified atom stereocenters. The molecule has 0 aromatic heterocycles. The summed E-state index contributed by atoms with van der Waals surface area (Å²) >= 11 is 0. The first kappa shape index (κ1) is 17.6. The van der Waals surface area contributed by atoms with Gasteiger partial charge in [-0.2, -0.15) is 0 Å². The van der Waals surface area contributed by atoms with E-state index in [4.69, 9.17) is 9.84 Å². The molecule has 0 heterocycles. The van der Waals surface area contributed by atoms with Crippen LogP contribution in [0.25, 0.3) is 0 Å². The van der Waals surface area contributed by atoms with Crippen LogP contribution in [-0.4, -0.2) is 56.4 Å². The highest BCUT2D eigenvalue weighted by Gasteiger charge is 2.12. The Labute approximate surface area is 126 Å². The molecule has 0 saturated heterocycles. The zero-order valence-electron chi connectivity index (χ0n) is 13.1. The van der Waals surface area contributed by atoms with Gasteiger partial charge in [0.1, 0.15) is 0 Å². The van der Waals surface area contributed by atoms with Gasteiger partial charge in [0.25, 0.3) is 0 Å². The van der Waals surface area contributed by atoms with Gasteiger partial charge in [0.15, 0.2) is 0 Å². The Morgan fingerprint density at radius 3 is 2.57 bits per heavy atom. The maximum Gasteiger partial charge on any atom is 0.310 e. The highest BCUT2D eigenvalue weighted by Crippen LogP contribution is 2.15. The maximum atomic E-state index is 10.9. The van der Waals surface area contributed by atoms with E-state index in [1.165, 1.54) is 0 Å². The smallest absolute Gasteiger partial charge is 0.310 e. The van der Waals surface area contributed by atoms with Crippen molar-refractivity contribution in [3.8, 4) is 0 Å². The van der Waals surface area contributed by atoms with Gasteiger partial charge in [0, 0.05) is 33.3 Å². The maximum absolute atomic E-state index is 10.9. The van der Waals surface area contributed by atoms with Gasteiger partial charge < -0.3 is 20.1 Å². The number of methoxy groups -OCH3 is 1. The third kappa shape index (κ3) is 6.71. The van der Waals surface area contributed by atoms with Crippen LogP contribution in [0, 0.1) is 0 Å². The van der Waals surface area contributed by atoms with Crippen LogP contribution >= 0.6 is 0 Å². The predicted molar refractivity (Wildman–Crippen MR) is 83.6 cm³/mol. The summed E-state index contributed by atoms with van der Waals surface area (Å²) < 4.78 is 5.03. The minimum atomic E-state index is -0.792. The average Bonchev–Trinajstić information content (AvgIpc) is 2.49. The average molecular weight is 294 g/mol. The molecule has 1 aromatic carbocycles. The van der Waals surface area contributed by atoms with Crippen molar-refractivity contribution >= 4 is 5.97 Å². The number of hydrogen-bond donors (Lipinski definition) is 2. The van der Waals surface area contributed by atoms with Crippen LogP contribution < -0.4 is 5.32 Å². The van der Waals surface area contributed by atoms with Crippen molar-refractivity contribution in [1.82, 2.24) is 10.2 Å². The number of nitrogens with one attached hydrogen (secondary N) is 1. The molecule has 0 aliphatic carbocycles.